The molecule has 0 radical (unpaired) electrons. The van der Waals surface area contributed by atoms with Gasteiger partial charge in [0, 0.05) is 34.9 Å². The predicted molar refractivity (Wildman–Crippen MR) is 108 cm³/mol. The van der Waals surface area contributed by atoms with Crippen molar-refractivity contribution in [3.63, 3.8) is 0 Å². The number of alkyl halides is 1. The van der Waals surface area contributed by atoms with Gasteiger partial charge in [0.1, 0.15) is 18.0 Å². The number of fused-ring (bicyclic) bond motifs is 1. The Labute approximate surface area is 176 Å². The maximum atomic E-state index is 14.9. The number of non-ortho nitro benzene ring substituents is 1. The second-order valence-corrected chi connectivity index (χ2v) is 9.35. The minimum absolute atomic E-state index is 0.0453. The lowest BCUT2D eigenvalue weighted by atomic mass is 9.75. The third-order valence-electron chi connectivity index (χ3n) is 5.32. The van der Waals surface area contributed by atoms with Gasteiger partial charge < -0.3 is 9.84 Å². The number of carboxylic acid groups (broad SMARTS) is 1. The number of thioether (sulfide) groups is 1. The highest BCUT2D eigenvalue weighted by molar-refractivity contribution is 8.13. The molecule has 0 aliphatic carbocycles. The molecular weight excluding hydrogens is 420 g/mol. The Balaban J connectivity index is 2.20. The van der Waals surface area contributed by atoms with Gasteiger partial charge in [-0.25, -0.2) is 18.6 Å². The van der Waals surface area contributed by atoms with Crippen molar-refractivity contribution in [2.75, 3.05) is 19.0 Å². The number of halogens is 2. The van der Waals surface area contributed by atoms with Gasteiger partial charge in [-0.3, -0.25) is 15.0 Å². The maximum absolute atomic E-state index is 14.9. The molecule has 1 N–H and O–H groups in total. The molecule has 2 aliphatic heterocycles. The van der Waals surface area contributed by atoms with Crippen LogP contribution < -0.4 is 0 Å². The number of rotatable bonds is 3. The largest absolute Gasteiger partial charge is 0.465 e. The molecular formula is C19H23F2N3O5S. The Morgan fingerprint density at radius 1 is 1.50 bits per heavy atom. The zero-order chi connectivity index (χ0) is 22.3. The third kappa shape index (κ3) is 4.00. The van der Waals surface area contributed by atoms with Crippen LogP contribution in [0.5, 0.6) is 0 Å². The van der Waals surface area contributed by atoms with Crippen LogP contribution in [0.3, 0.4) is 0 Å². The van der Waals surface area contributed by atoms with Crippen molar-refractivity contribution in [3.05, 3.63) is 39.7 Å². The first-order chi connectivity index (χ1) is 14.0. The molecule has 3 rings (SSSR count). The number of benzene rings is 1. The van der Waals surface area contributed by atoms with Crippen molar-refractivity contribution in [3.8, 4) is 0 Å². The van der Waals surface area contributed by atoms with Crippen LogP contribution in [-0.4, -0.2) is 56.9 Å². The van der Waals surface area contributed by atoms with Crippen LogP contribution in [-0.2, 0) is 10.3 Å². The fourth-order valence-corrected chi connectivity index (χ4v) is 5.32. The number of hydrogen-bond acceptors (Lipinski definition) is 6. The fraction of sp³-hybridized carbons (Fsp3) is 0.579. The molecule has 3 atom stereocenters. The van der Waals surface area contributed by atoms with Crippen molar-refractivity contribution in [2.45, 2.75) is 44.4 Å². The topological polar surface area (TPSA) is 105 Å². The Bertz CT molecular complexity index is 891. The van der Waals surface area contributed by atoms with Gasteiger partial charge in [0.25, 0.3) is 5.69 Å². The number of amides is 1. The zero-order valence-corrected chi connectivity index (χ0v) is 17.6. The van der Waals surface area contributed by atoms with E-state index in [0.29, 0.717) is 5.75 Å². The number of aliphatic imine (C=N–C) groups is 1. The summed E-state index contributed by atoms with van der Waals surface area (Å²) in [6, 6.07) is 3.16. The second-order valence-electron chi connectivity index (χ2n) is 8.36. The molecule has 0 spiro atoms. The lowest BCUT2D eigenvalue weighted by Gasteiger charge is -2.48. The van der Waals surface area contributed by atoms with E-state index in [2.05, 4.69) is 4.99 Å². The van der Waals surface area contributed by atoms with E-state index in [1.165, 1.54) is 11.8 Å². The van der Waals surface area contributed by atoms with Crippen LogP contribution in [0.4, 0.5) is 19.3 Å². The van der Waals surface area contributed by atoms with Gasteiger partial charge in [0.15, 0.2) is 5.17 Å². The first-order valence-corrected chi connectivity index (χ1v) is 10.4. The maximum Gasteiger partial charge on any atom is 0.413 e. The summed E-state index contributed by atoms with van der Waals surface area (Å²) in [6.45, 7) is 4.19. The summed E-state index contributed by atoms with van der Waals surface area (Å²) in [4.78, 5) is 28.3. The van der Waals surface area contributed by atoms with Gasteiger partial charge in [0.2, 0.25) is 0 Å². The summed E-state index contributed by atoms with van der Waals surface area (Å²) in [5.41, 5.74) is -2.57. The number of nitro benzene ring substituents is 1. The van der Waals surface area contributed by atoms with E-state index >= 15 is 0 Å². The number of hydrogen-bond donors (Lipinski definition) is 1. The Kier molecular flexibility index (Phi) is 6.06. The molecule has 0 saturated carbocycles. The fourth-order valence-electron chi connectivity index (χ4n) is 3.84. The monoisotopic (exact) mass is 443 g/mol. The van der Waals surface area contributed by atoms with E-state index in [4.69, 9.17) is 4.74 Å². The molecule has 1 saturated heterocycles. The third-order valence-corrected chi connectivity index (χ3v) is 6.42. The lowest BCUT2D eigenvalue weighted by Crippen LogP contribution is -2.55. The van der Waals surface area contributed by atoms with Gasteiger partial charge >= 0.3 is 6.09 Å². The van der Waals surface area contributed by atoms with Crippen LogP contribution in [0.25, 0.3) is 0 Å². The van der Waals surface area contributed by atoms with E-state index in [1.807, 2.05) is 0 Å². The number of amidine groups is 1. The smallest absolute Gasteiger partial charge is 0.413 e. The lowest BCUT2D eigenvalue weighted by molar-refractivity contribution is -0.385. The van der Waals surface area contributed by atoms with Crippen molar-refractivity contribution >= 4 is 28.7 Å². The number of ether oxygens (including phenoxy) is 1. The molecule has 0 bridgehead atoms. The summed E-state index contributed by atoms with van der Waals surface area (Å²) >= 11 is 1.20. The van der Waals surface area contributed by atoms with Gasteiger partial charge in [-0.05, 0) is 33.3 Å². The van der Waals surface area contributed by atoms with Crippen molar-refractivity contribution in [2.24, 2.45) is 10.9 Å². The second kappa shape index (κ2) is 8.10. The van der Waals surface area contributed by atoms with Crippen LogP contribution in [0.2, 0.25) is 0 Å². The molecule has 2 heterocycles. The van der Waals surface area contributed by atoms with Gasteiger partial charge in [-0.15, -0.1) is 0 Å². The van der Waals surface area contributed by atoms with E-state index in [1.54, 1.807) is 20.8 Å². The molecule has 1 fully saturated rings. The standard InChI is InChI=1S/C19H23F2N3O5S/c1-18(2,3)23(17(25)26)16-22-19(10-29-13(8-20)6-11(19)9-30-16)14-7-12(24(27)28)4-5-15(14)21/h4-5,7,11,13H,6,8-10H2,1-3H3,(H,25,26)/t11-,13+,19-/m0/s1. The minimum atomic E-state index is -1.39. The zero-order valence-electron chi connectivity index (χ0n) is 16.8. The van der Waals surface area contributed by atoms with E-state index in [-0.39, 0.29) is 35.4 Å². The number of nitro groups is 1. The SMILES string of the molecule is CC(C)(C)N(C(=O)O)C1=N[C@@]2(c3cc([N+](=O)[O-])ccc3F)CO[C@@H](CF)C[C@H]2CS1. The molecule has 1 amide bonds. The summed E-state index contributed by atoms with van der Waals surface area (Å²) in [6.07, 6.45) is -1.66. The Morgan fingerprint density at radius 3 is 2.77 bits per heavy atom. The molecule has 2 aliphatic rings. The number of nitrogens with zero attached hydrogens (tertiary/aromatic N) is 3. The average molecular weight is 443 g/mol. The van der Waals surface area contributed by atoms with Crippen molar-refractivity contribution < 1.29 is 28.3 Å². The molecule has 0 unspecified atom stereocenters. The van der Waals surface area contributed by atoms with Crippen molar-refractivity contribution in [1.82, 2.24) is 4.90 Å². The summed E-state index contributed by atoms with van der Waals surface area (Å²) in [5.74, 6) is -0.742. The predicted octanol–water partition coefficient (Wildman–Crippen LogP) is 4.19. The molecule has 11 heteroatoms. The highest BCUT2D eigenvalue weighted by Crippen LogP contribution is 2.48. The normalized spacial score (nSPS) is 26.5. The molecule has 1 aromatic carbocycles. The molecule has 164 valence electrons. The molecule has 0 aromatic heterocycles. The van der Waals surface area contributed by atoms with E-state index in [0.717, 1.165) is 23.1 Å². The Morgan fingerprint density at radius 2 is 2.20 bits per heavy atom. The van der Waals surface area contributed by atoms with Gasteiger partial charge in [-0.2, -0.15) is 0 Å². The highest BCUT2D eigenvalue weighted by atomic mass is 32.2. The summed E-state index contributed by atoms with van der Waals surface area (Å²) in [5, 5.41) is 21.2. The van der Waals surface area contributed by atoms with E-state index in [9.17, 15) is 28.8 Å². The molecule has 30 heavy (non-hydrogen) atoms. The van der Waals surface area contributed by atoms with E-state index < -0.39 is 40.7 Å². The summed E-state index contributed by atoms with van der Waals surface area (Å²) < 4.78 is 33.8. The highest BCUT2D eigenvalue weighted by Gasteiger charge is 2.51. The Hall–Kier alpha value is -2.27. The van der Waals surface area contributed by atoms with Crippen LogP contribution >= 0.6 is 11.8 Å². The quantitative estimate of drug-likeness (QED) is 0.555. The van der Waals surface area contributed by atoms with Gasteiger partial charge in [0.05, 0.1) is 17.6 Å². The van der Waals surface area contributed by atoms with Crippen LogP contribution in [0.15, 0.2) is 23.2 Å². The van der Waals surface area contributed by atoms with Crippen LogP contribution in [0, 0.1) is 21.8 Å². The first kappa shape index (κ1) is 22.4. The molecule has 1 aromatic rings. The minimum Gasteiger partial charge on any atom is -0.465 e. The first-order valence-electron chi connectivity index (χ1n) is 9.37. The molecule has 8 nitrogen and oxygen atoms in total. The van der Waals surface area contributed by atoms with Gasteiger partial charge in [-0.1, -0.05) is 11.8 Å². The van der Waals surface area contributed by atoms with Crippen LogP contribution in [0.1, 0.15) is 32.8 Å². The number of carbonyl (C=O) groups is 1. The summed E-state index contributed by atoms with van der Waals surface area (Å²) in [7, 11) is 0. The van der Waals surface area contributed by atoms with Crippen molar-refractivity contribution in [1.29, 1.82) is 0 Å². The average Bonchev–Trinajstić information content (AvgIpc) is 2.66.